The number of amides is 1. The molecule has 9 heavy (non-hydrogen) atoms. The summed E-state index contributed by atoms with van der Waals surface area (Å²) in [5.41, 5.74) is 8.94. The summed E-state index contributed by atoms with van der Waals surface area (Å²) in [4.78, 5) is 8.78. The summed E-state index contributed by atoms with van der Waals surface area (Å²) < 4.78 is 0. The quantitative estimate of drug-likeness (QED) is 0.444. The predicted molar refractivity (Wildman–Crippen MR) is 31.5 cm³/mol. The summed E-state index contributed by atoms with van der Waals surface area (Å²) in [6.07, 6.45) is -0.861. The van der Waals surface area contributed by atoms with Crippen LogP contribution in [0.15, 0.2) is 0 Å². The summed E-state index contributed by atoms with van der Waals surface area (Å²) in [6, 6.07) is 1.89. The zero-order chi connectivity index (χ0) is 7.70. The average molecular weight is 131 g/mol. The smallest absolute Gasteiger partial charge is 0.402 e. The van der Waals surface area contributed by atoms with Crippen LogP contribution in [0.25, 0.3) is 0 Å². The van der Waals surface area contributed by atoms with Crippen LogP contribution in [0.1, 0.15) is 6.42 Å². The summed E-state index contributed by atoms with van der Waals surface area (Å²) in [7, 11) is 0. The number of nitrogens with two attached hydrogens (primary N) is 2. The molecule has 0 unspecified atom stereocenters. The van der Waals surface area contributed by atoms with Crippen molar-refractivity contribution in [3.63, 3.8) is 0 Å². The van der Waals surface area contributed by atoms with Crippen LogP contribution in [0.5, 0.6) is 0 Å². The Kier molecular flexibility index (Phi) is 11.7. The molecule has 0 atom stereocenters. The van der Waals surface area contributed by atoms with E-state index >= 15 is 0 Å². The second-order valence-electron chi connectivity index (χ2n) is 1.04. The Morgan fingerprint density at radius 1 is 1.78 bits per heavy atom. The van der Waals surface area contributed by atoms with Crippen molar-refractivity contribution in [1.82, 2.24) is 0 Å². The van der Waals surface area contributed by atoms with Crippen molar-refractivity contribution >= 4 is 6.09 Å². The third-order valence-corrected chi connectivity index (χ3v) is 0.256. The van der Waals surface area contributed by atoms with Crippen molar-refractivity contribution in [1.29, 1.82) is 5.26 Å². The van der Waals surface area contributed by atoms with Gasteiger partial charge >= 0.3 is 6.09 Å². The van der Waals surface area contributed by atoms with E-state index in [0.717, 1.165) is 0 Å². The third kappa shape index (κ3) is 289. The minimum Gasteiger partial charge on any atom is -0.465 e. The molecule has 0 aliphatic rings. The van der Waals surface area contributed by atoms with Crippen LogP contribution in [-0.2, 0) is 0 Å². The lowest BCUT2D eigenvalue weighted by molar-refractivity contribution is 0.205. The van der Waals surface area contributed by atoms with Gasteiger partial charge in [-0.1, -0.05) is 0 Å². The normalized spacial score (nSPS) is 6.22. The van der Waals surface area contributed by atoms with Gasteiger partial charge in [0.1, 0.15) is 0 Å². The molecule has 5 N–H and O–H groups in total. The first kappa shape index (κ1) is 10.7. The molecular weight excluding hydrogens is 122 g/mol. The maximum Gasteiger partial charge on any atom is 0.402 e. The highest BCUT2D eigenvalue weighted by atomic mass is 16.4. The van der Waals surface area contributed by atoms with E-state index in [4.69, 9.17) is 20.9 Å². The van der Waals surface area contributed by atoms with Crippen molar-refractivity contribution < 1.29 is 9.90 Å². The Balaban J connectivity index is 0. The van der Waals surface area contributed by atoms with Gasteiger partial charge in [-0.25, -0.2) is 4.79 Å². The van der Waals surface area contributed by atoms with Crippen LogP contribution in [0, 0.1) is 11.3 Å². The number of hydrogen-bond donors (Lipinski definition) is 3. The Labute approximate surface area is 52.9 Å². The summed E-state index contributed by atoms with van der Waals surface area (Å²) in [6.45, 7) is 0.483. The van der Waals surface area contributed by atoms with Crippen LogP contribution >= 0.6 is 0 Å². The van der Waals surface area contributed by atoms with E-state index < -0.39 is 6.09 Å². The predicted octanol–water partition coefficient (Wildman–Crippen LogP) is -0.518. The Bertz CT molecular complexity index is 103. The number of rotatable bonds is 1. The molecule has 5 heteroatoms. The van der Waals surface area contributed by atoms with Gasteiger partial charge < -0.3 is 16.6 Å². The van der Waals surface area contributed by atoms with E-state index in [9.17, 15) is 0 Å². The minimum atomic E-state index is -1.33. The van der Waals surface area contributed by atoms with Crippen molar-refractivity contribution in [2.24, 2.45) is 11.5 Å². The molecule has 0 aromatic rings. The third-order valence-electron chi connectivity index (χ3n) is 0.256. The summed E-state index contributed by atoms with van der Waals surface area (Å²) in [5.74, 6) is 0. The lowest BCUT2D eigenvalue weighted by atomic mass is 10.5. The van der Waals surface area contributed by atoms with Crippen molar-refractivity contribution in [2.45, 2.75) is 6.42 Å². The van der Waals surface area contributed by atoms with E-state index in [1.165, 1.54) is 0 Å². The summed E-state index contributed by atoms with van der Waals surface area (Å²) in [5, 5.41) is 14.9. The number of primary amides is 1. The molecular formula is C4H9N3O2. The van der Waals surface area contributed by atoms with Crippen LogP contribution in [-0.4, -0.2) is 17.7 Å². The van der Waals surface area contributed by atoms with E-state index in [0.29, 0.717) is 13.0 Å². The van der Waals surface area contributed by atoms with Crippen LogP contribution in [0.2, 0.25) is 0 Å². The molecule has 0 heterocycles. The van der Waals surface area contributed by atoms with Crippen LogP contribution < -0.4 is 11.5 Å². The molecule has 0 aromatic heterocycles. The lowest BCUT2D eigenvalue weighted by Gasteiger charge is -1.68. The number of nitrogens with zero attached hydrogens (tertiary/aromatic N) is 1. The fraction of sp³-hybridized carbons (Fsp3) is 0.500. The van der Waals surface area contributed by atoms with E-state index in [1.807, 2.05) is 6.07 Å². The van der Waals surface area contributed by atoms with Gasteiger partial charge in [0.15, 0.2) is 0 Å². The molecule has 1 amide bonds. The standard InChI is InChI=1S/C3H6N2.CH3NO2/c4-2-1-3-5;2-1(3)4/h1-2,4H2;2H2,(H,3,4). The topological polar surface area (TPSA) is 113 Å². The maximum atomic E-state index is 8.78. The van der Waals surface area contributed by atoms with Crippen molar-refractivity contribution in [3.05, 3.63) is 0 Å². The number of hydrogen-bond acceptors (Lipinski definition) is 3. The number of nitriles is 1. The van der Waals surface area contributed by atoms with Gasteiger partial charge in [-0.15, -0.1) is 0 Å². The highest BCUT2D eigenvalue weighted by molar-refractivity contribution is 5.61. The molecule has 52 valence electrons. The highest BCUT2D eigenvalue weighted by Crippen LogP contribution is 1.59. The van der Waals surface area contributed by atoms with Crippen molar-refractivity contribution in [2.75, 3.05) is 6.54 Å². The first-order chi connectivity index (χ1) is 4.15. The molecule has 0 bridgehead atoms. The van der Waals surface area contributed by atoms with E-state index in [-0.39, 0.29) is 0 Å². The molecule has 0 radical (unpaired) electrons. The fourth-order valence-electron chi connectivity index (χ4n) is 0.0645. The molecule has 0 aliphatic carbocycles. The zero-order valence-corrected chi connectivity index (χ0v) is 4.87. The van der Waals surface area contributed by atoms with E-state index in [1.54, 1.807) is 0 Å². The molecule has 0 aliphatic heterocycles. The Morgan fingerprint density at radius 2 is 2.11 bits per heavy atom. The molecule has 0 saturated heterocycles. The van der Waals surface area contributed by atoms with Gasteiger partial charge in [0.25, 0.3) is 0 Å². The largest absolute Gasteiger partial charge is 0.465 e. The molecule has 5 nitrogen and oxygen atoms in total. The minimum absolute atomic E-state index is 0.472. The summed E-state index contributed by atoms with van der Waals surface area (Å²) >= 11 is 0. The lowest BCUT2D eigenvalue weighted by Crippen LogP contribution is -2.03. The monoisotopic (exact) mass is 131 g/mol. The van der Waals surface area contributed by atoms with Crippen molar-refractivity contribution in [3.8, 4) is 6.07 Å². The molecule has 0 rings (SSSR count). The SMILES string of the molecule is N#CCCN.NC(=O)O. The zero-order valence-electron chi connectivity index (χ0n) is 4.87. The number of carboxylic acid groups (broad SMARTS) is 1. The molecule has 0 fully saturated rings. The second kappa shape index (κ2) is 9.87. The first-order valence-corrected chi connectivity index (χ1v) is 2.20. The van der Waals surface area contributed by atoms with E-state index in [2.05, 4.69) is 5.73 Å². The molecule has 0 aromatic carbocycles. The highest BCUT2D eigenvalue weighted by Gasteiger charge is 1.65. The van der Waals surface area contributed by atoms with Gasteiger partial charge in [-0.2, -0.15) is 5.26 Å². The average Bonchev–Trinajstić information content (AvgIpc) is 1.66. The van der Waals surface area contributed by atoms with Crippen LogP contribution in [0.4, 0.5) is 4.79 Å². The van der Waals surface area contributed by atoms with Gasteiger partial charge in [-0.05, 0) is 0 Å². The Morgan fingerprint density at radius 3 is 2.11 bits per heavy atom. The van der Waals surface area contributed by atoms with Gasteiger partial charge in [-0.3, -0.25) is 0 Å². The number of carbonyl (C=O) groups is 1. The van der Waals surface area contributed by atoms with Gasteiger partial charge in [0, 0.05) is 13.0 Å². The molecule has 0 spiro atoms. The first-order valence-electron chi connectivity index (χ1n) is 2.20. The fourth-order valence-corrected chi connectivity index (χ4v) is 0.0645. The maximum absolute atomic E-state index is 8.78. The second-order valence-corrected chi connectivity index (χ2v) is 1.04. The Hall–Kier alpha value is -1.28. The van der Waals surface area contributed by atoms with Gasteiger partial charge in [0.05, 0.1) is 6.07 Å². The molecule has 0 saturated carbocycles. The van der Waals surface area contributed by atoms with Crippen LogP contribution in [0.3, 0.4) is 0 Å². The van der Waals surface area contributed by atoms with Gasteiger partial charge in [0.2, 0.25) is 0 Å².